The molecule has 0 bridgehead atoms. The average Bonchev–Trinajstić information content (AvgIpc) is 2.98. The van der Waals surface area contributed by atoms with Crippen LogP contribution < -0.4 is 5.73 Å². The third kappa shape index (κ3) is 4.69. The lowest BCUT2D eigenvalue weighted by Gasteiger charge is -2.10. The van der Waals surface area contributed by atoms with Crippen LogP contribution in [-0.4, -0.2) is 28.4 Å². The minimum Gasteiger partial charge on any atom is -0.333 e. The van der Waals surface area contributed by atoms with Gasteiger partial charge >= 0.3 is 0 Å². The Morgan fingerprint density at radius 2 is 1.69 bits per heavy atom. The van der Waals surface area contributed by atoms with Gasteiger partial charge in [0.05, 0.1) is 5.02 Å². The van der Waals surface area contributed by atoms with E-state index < -0.39 is 0 Å². The van der Waals surface area contributed by atoms with Crippen LogP contribution in [-0.2, 0) is 11.8 Å². The minimum absolute atomic E-state index is 0.490. The summed E-state index contributed by atoms with van der Waals surface area (Å²) in [6, 6.07) is 9.73. The van der Waals surface area contributed by atoms with Crippen LogP contribution in [0.2, 0.25) is 10.2 Å². The number of carbonyl (C=O) groups is 1. The molecule has 0 saturated carbocycles. The molecule has 2 N–H and O–H groups in total. The normalized spacial score (nSPS) is 9.65. The first-order valence-electron chi connectivity index (χ1n) is 7.75. The van der Waals surface area contributed by atoms with Crippen molar-refractivity contribution in [1.29, 1.82) is 0 Å². The Morgan fingerprint density at radius 1 is 1.04 bits per heavy atom. The van der Waals surface area contributed by atoms with E-state index in [1.165, 1.54) is 7.05 Å². The lowest BCUT2D eigenvalue weighted by atomic mass is 10.0. The maximum atomic E-state index is 8.00. The molecule has 2 aromatic heterocycles. The van der Waals surface area contributed by atoms with E-state index in [1.54, 1.807) is 0 Å². The standard InChI is InChI=1S/C17H15Cl2N3.CH5N.CH2O/c1-10-4-6-13(16(19)21-10)12-5-7-15(18)14(8-12)17-20-9-11(2)22(17)3;2*1-2/h4-9H,1-3H3;2H2,1H3;1H2. The quantitative estimate of drug-likeness (QED) is 0.653. The lowest BCUT2D eigenvalue weighted by molar-refractivity contribution is -0.0979. The number of benzene rings is 1. The molecule has 138 valence electrons. The molecule has 0 amide bonds. The molecule has 5 nitrogen and oxygen atoms in total. The van der Waals surface area contributed by atoms with Crippen molar-refractivity contribution < 1.29 is 4.79 Å². The predicted molar refractivity (Wildman–Crippen MR) is 109 cm³/mol. The Morgan fingerprint density at radius 3 is 2.23 bits per heavy atom. The molecule has 0 unspecified atom stereocenters. The van der Waals surface area contributed by atoms with Crippen LogP contribution in [0.1, 0.15) is 11.4 Å². The van der Waals surface area contributed by atoms with E-state index in [2.05, 4.69) is 15.7 Å². The maximum Gasteiger partial charge on any atom is 0.141 e. The van der Waals surface area contributed by atoms with Gasteiger partial charge in [0.2, 0.25) is 0 Å². The number of nitrogens with two attached hydrogens (primary N) is 1. The number of hydrogen-bond donors (Lipinski definition) is 1. The predicted octanol–water partition coefficient (Wildman–Crippen LogP) is 4.46. The van der Waals surface area contributed by atoms with Crippen LogP contribution in [0.3, 0.4) is 0 Å². The molecule has 0 aliphatic rings. The van der Waals surface area contributed by atoms with Crippen molar-refractivity contribution in [2.45, 2.75) is 13.8 Å². The van der Waals surface area contributed by atoms with Gasteiger partial charge in [-0.15, -0.1) is 0 Å². The smallest absolute Gasteiger partial charge is 0.141 e. The van der Waals surface area contributed by atoms with Crippen LogP contribution in [0, 0.1) is 13.8 Å². The molecule has 0 aliphatic heterocycles. The molecule has 26 heavy (non-hydrogen) atoms. The van der Waals surface area contributed by atoms with Gasteiger partial charge in [-0.2, -0.15) is 0 Å². The molecular weight excluding hydrogens is 371 g/mol. The van der Waals surface area contributed by atoms with Gasteiger partial charge < -0.3 is 15.1 Å². The second kappa shape index (κ2) is 10.1. The van der Waals surface area contributed by atoms with E-state index in [9.17, 15) is 0 Å². The van der Waals surface area contributed by atoms with E-state index in [-0.39, 0.29) is 0 Å². The lowest BCUT2D eigenvalue weighted by Crippen LogP contribution is -1.96. The number of aromatic nitrogens is 3. The second-order valence-electron chi connectivity index (χ2n) is 5.27. The Balaban J connectivity index is 0.000000791. The Bertz CT molecular complexity index is 878. The zero-order valence-corrected chi connectivity index (χ0v) is 16.8. The molecule has 0 radical (unpaired) electrons. The molecule has 0 atom stereocenters. The third-order valence-corrected chi connectivity index (χ3v) is 4.34. The zero-order valence-electron chi connectivity index (χ0n) is 15.3. The first kappa shape index (κ1) is 21.8. The number of halogens is 2. The number of aryl methyl sites for hydroxylation is 2. The number of hydrogen-bond acceptors (Lipinski definition) is 4. The highest BCUT2D eigenvalue weighted by molar-refractivity contribution is 6.34. The van der Waals surface area contributed by atoms with Crippen molar-refractivity contribution in [2.24, 2.45) is 12.8 Å². The van der Waals surface area contributed by atoms with Crippen molar-refractivity contribution in [3.63, 3.8) is 0 Å². The van der Waals surface area contributed by atoms with Crippen molar-refractivity contribution >= 4 is 30.0 Å². The molecule has 0 fully saturated rings. The molecule has 3 aromatic rings. The monoisotopic (exact) mass is 392 g/mol. The summed E-state index contributed by atoms with van der Waals surface area (Å²) >= 11 is 12.6. The first-order chi connectivity index (χ1) is 12.5. The average molecular weight is 393 g/mol. The maximum absolute atomic E-state index is 8.00. The van der Waals surface area contributed by atoms with Crippen LogP contribution in [0.15, 0.2) is 36.5 Å². The first-order valence-corrected chi connectivity index (χ1v) is 8.51. The van der Waals surface area contributed by atoms with Crippen molar-refractivity contribution in [2.75, 3.05) is 7.05 Å². The van der Waals surface area contributed by atoms with E-state index in [1.807, 2.05) is 68.8 Å². The highest BCUT2D eigenvalue weighted by Gasteiger charge is 2.13. The number of rotatable bonds is 2. The van der Waals surface area contributed by atoms with Gasteiger partial charge in [-0.3, -0.25) is 0 Å². The summed E-state index contributed by atoms with van der Waals surface area (Å²) < 4.78 is 2.01. The van der Waals surface area contributed by atoms with Gasteiger partial charge in [-0.25, -0.2) is 9.97 Å². The molecule has 1 aromatic carbocycles. The van der Waals surface area contributed by atoms with Crippen LogP contribution in [0.4, 0.5) is 0 Å². The largest absolute Gasteiger partial charge is 0.333 e. The third-order valence-electron chi connectivity index (χ3n) is 3.73. The summed E-state index contributed by atoms with van der Waals surface area (Å²) in [6.07, 6.45) is 1.83. The van der Waals surface area contributed by atoms with Crippen molar-refractivity contribution in [3.8, 4) is 22.5 Å². The fourth-order valence-corrected chi connectivity index (χ4v) is 2.86. The fourth-order valence-electron chi connectivity index (χ4n) is 2.35. The Labute approximate surface area is 163 Å². The summed E-state index contributed by atoms with van der Waals surface area (Å²) in [5.74, 6) is 0.834. The van der Waals surface area contributed by atoms with Crippen LogP contribution in [0.25, 0.3) is 22.5 Å². The Kier molecular flexibility index (Phi) is 8.45. The van der Waals surface area contributed by atoms with Gasteiger partial charge in [0.25, 0.3) is 0 Å². The molecule has 0 saturated heterocycles. The van der Waals surface area contributed by atoms with E-state index in [0.717, 1.165) is 33.9 Å². The van der Waals surface area contributed by atoms with E-state index >= 15 is 0 Å². The molecule has 2 heterocycles. The summed E-state index contributed by atoms with van der Waals surface area (Å²) in [5.41, 5.74) is 9.20. The van der Waals surface area contributed by atoms with E-state index in [4.69, 9.17) is 28.0 Å². The molecular formula is C19H22Cl2N4O. The zero-order chi connectivity index (χ0) is 19.9. The second-order valence-corrected chi connectivity index (χ2v) is 6.03. The number of imidazole rings is 1. The van der Waals surface area contributed by atoms with Crippen LogP contribution in [0.5, 0.6) is 0 Å². The fraction of sp³-hybridized carbons (Fsp3) is 0.211. The summed E-state index contributed by atoms with van der Waals surface area (Å²) in [7, 11) is 3.47. The minimum atomic E-state index is 0.490. The highest BCUT2D eigenvalue weighted by atomic mass is 35.5. The summed E-state index contributed by atoms with van der Waals surface area (Å²) in [4.78, 5) is 16.8. The topological polar surface area (TPSA) is 73.8 Å². The van der Waals surface area contributed by atoms with Gasteiger partial charge in [0, 0.05) is 35.8 Å². The number of pyridine rings is 1. The summed E-state index contributed by atoms with van der Waals surface area (Å²) in [6.45, 7) is 5.93. The van der Waals surface area contributed by atoms with Crippen molar-refractivity contribution in [1.82, 2.24) is 14.5 Å². The number of carbonyl (C=O) groups excluding carboxylic acids is 1. The van der Waals surface area contributed by atoms with Crippen LogP contribution >= 0.6 is 23.2 Å². The Hall–Kier alpha value is -2.21. The van der Waals surface area contributed by atoms with Gasteiger partial charge in [-0.05, 0) is 50.7 Å². The SMILES string of the molecule is C=O.CN.Cc1ccc(-c2ccc(Cl)c(-c3ncc(C)n3C)c2)c(Cl)n1. The van der Waals surface area contributed by atoms with Gasteiger partial charge in [0.1, 0.15) is 17.8 Å². The highest BCUT2D eigenvalue weighted by Crippen LogP contribution is 2.34. The van der Waals surface area contributed by atoms with Gasteiger partial charge in [-0.1, -0.05) is 29.3 Å². The molecule has 7 heteroatoms. The van der Waals surface area contributed by atoms with Gasteiger partial charge in [0.15, 0.2) is 0 Å². The molecule has 0 aliphatic carbocycles. The summed E-state index contributed by atoms with van der Waals surface area (Å²) in [5, 5.41) is 1.15. The molecule has 0 spiro atoms. The van der Waals surface area contributed by atoms with Crippen molar-refractivity contribution in [3.05, 3.63) is 58.1 Å². The molecule has 3 rings (SSSR count). The number of nitrogens with zero attached hydrogens (tertiary/aromatic N) is 3. The van der Waals surface area contributed by atoms with E-state index in [0.29, 0.717) is 10.2 Å².